The first-order valence-electron chi connectivity index (χ1n) is 3.99. The number of aromatic carboxylic acids is 1. The Morgan fingerprint density at radius 2 is 2.06 bits per heavy atom. The van der Waals surface area contributed by atoms with Crippen LogP contribution in [0.1, 0.15) is 10.5 Å². The molecular formula is C7H3F3N2O6. The van der Waals surface area contributed by atoms with Crippen LogP contribution in [0.5, 0.6) is 11.5 Å². The van der Waals surface area contributed by atoms with E-state index in [0.29, 0.717) is 0 Å². The van der Waals surface area contributed by atoms with Crippen molar-refractivity contribution in [1.29, 1.82) is 0 Å². The molecule has 0 fully saturated rings. The first kappa shape index (κ1) is 13.5. The average Bonchev–Trinajstić information content (AvgIpc) is 2.18. The van der Waals surface area contributed by atoms with Crippen LogP contribution in [0.25, 0.3) is 0 Å². The zero-order valence-electron chi connectivity index (χ0n) is 8.13. The summed E-state index contributed by atoms with van der Waals surface area (Å²) in [6, 6.07) is 0.162. The van der Waals surface area contributed by atoms with Gasteiger partial charge in [-0.2, -0.15) is 0 Å². The number of ether oxygens (including phenoxy) is 1. The fourth-order valence-electron chi connectivity index (χ4n) is 0.947. The number of aromatic hydroxyl groups is 1. The number of carboxylic acid groups (broad SMARTS) is 1. The van der Waals surface area contributed by atoms with Crippen LogP contribution in [0, 0.1) is 10.1 Å². The predicted octanol–water partition coefficient (Wildman–Crippen LogP) is 1.29. The average molecular weight is 268 g/mol. The van der Waals surface area contributed by atoms with Crippen LogP contribution in [0.15, 0.2) is 6.07 Å². The summed E-state index contributed by atoms with van der Waals surface area (Å²) < 4.78 is 39.0. The first-order chi connectivity index (χ1) is 8.11. The normalized spacial score (nSPS) is 11.1. The molecule has 0 atom stereocenters. The lowest BCUT2D eigenvalue weighted by Gasteiger charge is -2.09. The molecule has 8 nitrogen and oxygen atoms in total. The largest absolute Gasteiger partial charge is 0.573 e. The summed E-state index contributed by atoms with van der Waals surface area (Å²) in [5.74, 6) is -6.01. The van der Waals surface area contributed by atoms with E-state index in [2.05, 4.69) is 9.72 Å². The molecule has 0 spiro atoms. The molecule has 0 amide bonds. The number of aromatic nitrogens is 1. The third-order valence-corrected chi connectivity index (χ3v) is 1.56. The van der Waals surface area contributed by atoms with Crippen molar-refractivity contribution in [3.05, 3.63) is 21.9 Å². The number of nitro groups is 1. The number of hydrogen-bond acceptors (Lipinski definition) is 6. The van der Waals surface area contributed by atoms with Crippen LogP contribution in [0.4, 0.5) is 19.0 Å². The van der Waals surface area contributed by atoms with Crippen molar-refractivity contribution in [1.82, 2.24) is 4.98 Å². The number of hydrogen-bond donors (Lipinski definition) is 2. The minimum absolute atomic E-state index is 0.162. The van der Waals surface area contributed by atoms with Gasteiger partial charge >= 0.3 is 23.8 Å². The molecule has 1 rings (SSSR count). The molecular weight excluding hydrogens is 265 g/mol. The van der Waals surface area contributed by atoms with Crippen LogP contribution in [-0.2, 0) is 0 Å². The molecule has 0 saturated heterocycles. The number of nitrogens with zero attached hydrogens (tertiary/aromatic N) is 2. The Kier molecular flexibility index (Phi) is 3.26. The van der Waals surface area contributed by atoms with Crippen molar-refractivity contribution in [2.45, 2.75) is 6.36 Å². The van der Waals surface area contributed by atoms with E-state index in [1.165, 1.54) is 0 Å². The van der Waals surface area contributed by atoms with Gasteiger partial charge in [0.05, 0.1) is 6.07 Å². The van der Waals surface area contributed by atoms with Crippen molar-refractivity contribution < 1.29 is 37.8 Å². The molecule has 1 heterocycles. The van der Waals surface area contributed by atoms with E-state index in [4.69, 9.17) is 10.2 Å². The van der Waals surface area contributed by atoms with Crippen molar-refractivity contribution in [2.24, 2.45) is 0 Å². The van der Waals surface area contributed by atoms with E-state index in [0.717, 1.165) is 0 Å². The molecule has 98 valence electrons. The Bertz CT molecular complexity index is 515. The van der Waals surface area contributed by atoms with Crippen molar-refractivity contribution >= 4 is 11.8 Å². The number of alkyl halides is 3. The zero-order valence-corrected chi connectivity index (χ0v) is 8.13. The maximum Gasteiger partial charge on any atom is 0.573 e. The zero-order chi connectivity index (χ0) is 14.1. The first-order valence-corrected chi connectivity index (χ1v) is 3.99. The van der Waals surface area contributed by atoms with Crippen molar-refractivity contribution in [2.75, 3.05) is 0 Å². The lowest BCUT2D eigenvalue weighted by molar-refractivity contribution is -0.389. The van der Waals surface area contributed by atoms with Crippen molar-refractivity contribution in [3.63, 3.8) is 0 Å². The maximum absolute atomic E-state index is 11.9. The smallest absolute Gasteiger partial charge is 0.501 e. The highest BCUT2D eigenvalue weighted by molar-refractivity contribution is 5.89. The van der Waals surface area contributed by atoms with E-state index in [1.54, 1.807) is 0 Å². The number of rotatable bonds is 3. The third-order valence-electron chi connectivity index (χ3n) is 1.56. The van der Waals surface area contributed by atoms with Crippen molar-refractivity contribution in [3.8, 4) is 11.5 Å². The highest BCUT2D eigenvalue weighted by Crippen LogP contribution is 2.35. The molecule has 0 aliphatic rings. The summed E-state index contributed by atoms with van der Waals surface area (Å²) in [5, 5.41) is 28.0. The van der Waals surface area contributed by atoms with Gasteiger partial charge in [-0.1, -0.05) is 0 Å². The standard InChI is InChI=1S/C7H3F3N2O6/c8-7(9,10)18-2-1-3(12(16)17)11-4(5(2)13)6(14)15/h1,13H,(H,14,15). The third kappa shape index (κ3) is 2.96. The highest BCUT2D eigenvalue weighted by Gasteiger charge is 2.36. The van der Waals surface area contributed by atoms with Gasteiger partial charge in [0, 0.05) is 0 Å². The predicted molar refractivity (Wildman–Crippen MR) is 46.2 cm³/mol. The fraction of sp³-hybridized carbons (Fsp3) is 0.143. The Labute approximate surface area is 95.4 Å². The second-order valence-corrected chi connectivity index (χ2v) is 2.79. The van der Waals surface area contributed by atoms with Crippen LogP contribution < -0.4 is 4.74 Å². The van der Waals surface area contributed by atoms with Crippen LogP contribution >= 0.6 is 0 Å². The Balaban J connectivity index is 3.40. The summed E-state index contributed by atoms with van der Waals surface area (Å²) in [6.45, 7) is 0. The molecule has 0 aliphatic heterocycles. The van der Waals surface area contributed by atoms with Gasteiger partial charge in [0.15, 0.2) is 5.75 Å². The number of carbonyl (C=O) groups is 1. The van der Waals surface area contributed by atoms with E-state index in [1.807, 2.05) is 0 Å². The molecule has 2 N–H and O–H groups in total. The topological polar surface area (TPSA) is 123 Å². The summed E-state index contributed by atoms with van der Waals surface area (Å²) in [4.78, 5) is 22.5. The van der Waals surface area contributed by atoms with Gasteiger partial charge in [-0.05, 0) is 9.91 Å². The molecule has 1 aromatic heterocycles. The quantitative estimate of drug-likeness (QED) is 0.625. The molecule has 11 heteroatoms. The number of halogens is 3. The van der Waals surface area contributed by atoms with E-state index in [-0.39, 0.29) is 6.07 Å². The molecule has 0 aromatic carbocycles. The lowest BCUT2D eigenvalue weighted by atomic mass is 10.3. The maximum atomic E-state index is 11.9. The van der Waals surface area contributed by atoms with Gasteiger partial charge in [0.25, 0.3) is 0 Å². The van der Waals surface area contributed by atoms with Gasteiger partial charge in [0.1, 0.15) is 0 Å². The second kappa shape index (κ2) is 4.35. The Morgan fingerprint density at radius 1 is 1.50 bits per heavy atom. The molecule has 1 aromatic rings. The van der Waals surface area contributed by atoms with E-state index in [9.17, 15) is 28.1 Å². The SMILES string of the molecule is O=C(O)c1nc([N+](=O)[O-])cc(OC(F)(F)F)c1O. The number of pyridine rings is 1. The molecule has 0 radical (unpaired) electrons. The monoisotopic (exact) mass is 268 g/mol. The van der Waals surface area contributed by atoms with Crippen LogP contribution in [0.3, 0.4) is 0 Å². The van der Waals surface area contributed by atoms with Gasteiger partial charge in [-0.25, -0.2) is 4.79 Å². The van der Waals surface area contributed by atoms with Crippen LogP contribution in [-0.4, -0.2) is 32.5 Å². The van der Waals surface area contributed by atoms with Gasteiger partial charge in [-0.3, -0.25) is 0 Å². The minimum atomic E-state index is -5.25. The van der Waals surface area contributed by atoms with E-state index < -0.39 is 40.3 Å². The molecule has 0 saturated carbocycles. The summed E-state index contributed by atoms with van der Waals surface area (Å²) in [7, 11) is 0. The Morgan fingerprint density at radius 3 is 2.44 bits per heavy atom. The van der Waals surface area contributed by atoms with Gasteiger partial charge in [-0.15, -0.1) is 13.2 Å². The van der Waals surface area contributed by atoms with Crippen LogP contribution in [0.2, 0.25) is 0 Å². The minimum Gasteiger partial charge on any atom is -0.501 e. The fourth-order valence-corrected chi connectivity index (χ4v) is 0.947. The number of carboxylic acids is 1. The summed E-state index contributed by atoms with van der Waals surface area (Å²) in [6.07, 6.45) is -5.25. The van der Waals surface area contributed by atoms with Gasteiger partial charge < -0.3 is 25.1 Å². The molecule has 0 aliphatic carbocycles. The molecule has 0 bridgehead atoms. The molecule has 0 unspecified atom stereocenters. The lowest BCUT2D eigenvalue weighted by Crippen LogP contribution is -2.18. The van der Waals surface area contributed by atoms with Gasteiger partial charge in [0.2, 0.25) is 5.75 Å². The Hall–Kier alpha value is -2.59. The molecule has 18 heavy (non-hydrogen) atoms. The summed E-state index contributed by atoms with van der Waals surface area (Å²) in [5.41, 5.74) is -1.32. The summed E-state index contributed by atoms with van der Waals surface area (Å²) >= 11 is 0. The highest BCUT2D eigenvalue weighted by atomic mass is 19.4. The van der Waals surface area contributed by atoms with E-state index >= 15 is 0 Å². The second-order valence-electron chi connectivity index (χ2n) is 2.79.